The molecule has 7 heteroatoms. The van der Waals surface area contributed by atoms with Gasteiger partial charge in [0, 0.05) is 25.6 Å². The van der Waals surface area contributed by atoms with Gasteiger partial charge in [0.25, 0.3) is 5.69 Å². The molecule has 1 amide bonds. The summed E-state index contributed by atoms with van der Waals surface area (Å²) in [5, 5.41) is 20.0. The van der Waals surface area contributed by atoms with Crippen LogP contribution in [0.3, 0.4) is 0 Å². The van der Waals surface area contributed by atoms with Crippen molar-refractivity contribution in [2.24, 2.45) is 11.7 Å². The summed E-state index contributed by atoms with van der Waals surface area (Å²) in [7, 11) is 0. The Morgan fingerprint density at radius 2 is 2.33 bits per heavy atom. The molecule has 0 spiro atoms. The number of piperidine rings is 1. The highest BCUT2D eigenvalue weighted by Crippen LogP contribution is 2.32. The van der Waals surface area contributed by atoms with E-state index in [1.54, 1.807) is 12.1 Å². The molecule has 0 radical (unpaired) electrons. The molecule has 21 heavy (non-hydrogen) atoms. The number of rotatable bonds is 4. The molecular weight excluding hydrogens is 272 g/mol. The van der Waals surface area contributed by atoms with Crippen LogP contribution in [-0.4, -0.2) is 23.9 Å². The van der Waals surface area contributed by atoms with Crippen molar-refractivity contribution in [1.82, 2.24) is 0 Å². The van der Waals surface area contributed by atoms with Crippen molar-refractivity contribution in [3.8, 4) is 6.07 Å². The van der Waals surface area contributed by atoms with Gasteiger partial charge >= 0.3 is 0 Å². The number of amides is 1. The Hall–Kier alpha value is -2.62. The van der Waals surface area contributed by atoms with E-state index < -0.39 is 4.92 Å². The van der Waals surface area contributed by atoms with E-state index in [4.69, 9.17) is 11.0 Å². The highest BCUT2D eigenvalue weighted by atomic mass is 16.6. The second-order valence-electron chi connectivity index (χ2n) is 5.20. The van der Waals surface area contributed by atoms with Gasteiger partial charge in [0.1, 0.15) is 5.69 Å². The fraction of sp³-hybridized carbons (Fsp3) is 0.429. The fourth-order valence-corrected chi connectivity index (χ4v) is 2.74. The van der Waals surface area contributed by atoms with E-state index in [0.717, 1.165) is 12.8 Å². The molecule has 0 bridgehead atoms. The van der Waals surface area contributed by atoms with Gasteiger partial charge in [-0.1, -0.05) is 0 Å². The quantitative estimate of drug-likeness (QED) is 0.667. The van der Waals surface area contributed by atoms with Crippen LogP contribution in [0.1, 0.15) is 24.8 Å². The number of hydrogen-bond donors (Lipinski definition) is 1. The van der Waals surface area contributed by atoms with Crippen molar-refractivity contribution in [1.29, 1.82) is 5.26 Å². The third-order valence-electron chi connectivity index (χ3n) is 3.65. The van der Waals surface area contributed by atoms with Crippen LogP contribution in [-0.2, 0) is 4.79 Å². The second kappa shape index (κ2) is 6.22. The van der Waals surface area contributed by atoms with Crippen LogP contribution in [0.5, 0.6) is 0 Å². The number of nitriles is 1. The minimum Gasteiger partial charge on any atom is -0.370 e. The van der Waals surface area contributed by atoms with Gasteiger partial charge in [-0.05, 0) is 30.9 Å². The van der Waals surface area contributed by atoms with E-state index in [2.05, 4.69) is 0 Å². The van der Waals surface area contributed by atoms with Crippen LogP contribution in [0.4, 0.5) is 11.4 Å². The molecule has 1 heterocycles. The molecule has 1 aliphatic rings. The maximum atomic E-state index is 11.2. The highest BCUT2D eigenvalue weighted by molar-refractivity contribution is 5.74. The molecule has 7 nitrogen and oxygen atoms in total. The summed E-state index contributed by atoms with van der Waals surface area (Å²) in [5.41, 5.74) is 5.90. The topological polar surface area (TPSA) is 113 Å². The molecule has 110 valence electrons. The van der Waals surface area contributed by atoms with Gasteiger partial charge in [-0.3, -0.25) is 14.9 Å². The lowest BCUT2D eigenvalue weighted by Crippen LogP contribution is -2.37. The van der Waals surface area contributed by atoms with E-state index in [0.29, 0.717) is 25.2 Å². The van der Waals surface area contributed by atoms with Crippen LogP contribution in [0.15, 0.2) is 18.2 Å². The van der Waals surface area contributed by atoms with E-state index in [1.807, 2.05) is 11.0 Å². The predicted molar refractivity (Wildman–Crippen MR) is 76.6 cm³/mol. The molecule has 1 aliphatic heterocycles. The Labute approximate surface area is 122 Å². The molecule has 2 rings (SSSR count). The number of carbonyl (C=O) groups is 1. The van der Waals surface area contributed by atoms with Crippen molar-refractivity contribution in [2.75, 3.05) is 18.0 Å². The first-order chi connectivity index (χ1) is 10.0. The number of benzene rings is 1. The zero-order valence-corrected chi connectivity index (χ0v) is 11.5. The third-order valence-corrected chi connectivity index (χ3v) is 3.65. The molecule has 1 saturated heterocycles. The standard InChI is InChI=1S/C14H16N4O3/c15-8-10-3-4-12(13(6-10)18(20)21)17-5-1-2-11(9-17)7-14(16)19/h3-4,6,11H,1-2,5,7,9H2,(H2,16,19). The summed E-state index contributed by atoms with van der Waals surface area (Å²) in [5.74, 6) is -0.234. The SMILES string of the molecule is N#Cc1ccc(N2CCCC(CC(N)=O)C2)c([N+](=O)[O-])c1. The van der Waals surface area contributed by atoms with Gasteiger partial charge in [0.15, 0.2) is 0 Å². The van der Waals surface area contributed by atoms with Gasteiger partial charge in [0.05, 0.1) is 16.6 Å². The lowest BCUT2D eigenvalue weighted by atomic mass is 9.94. The molecular formula is C14H16N4O3. The van der Waals surface area contributed by atoms with Crippen LogP contribution in [0, 0.1) is 27.4 Å². The van der Waals surface area contributed by atoms with Crippen molar-refractivity contribution < 1.29 is 9.72 Å². The van der Waals surface area contributed by atoms with Crippen LogP contribution < -0.4 is 10.6 Å². The molecule has 0 aromatic heterocycles. The molecule has 1 atom stereocenters. The average molecular weight is 288 g/mol. The molecule has 2 N–H and O–H groups in total. The maximum absolute atomic E-state index is 11.2. The van der Waals surface area contributed by atoms with E-state index in [9.17, 15) is 14.9 Å². The van der Waals surface area contributed by atoms with E-state index >= 15 is 0 Å². The molecule has 0 aliphatic carbocycles. The minimum absolute atomic E-state index is 0.0752. The van der Waals surface area contributed by atoms with Crippen LogP contribution in [0.2, 0.25) is 0 Å². The number of anilines is 1. The number of carbonyl (C=O) groups excluding carboxylic acids is 1. The van der Waals surface area contributed by atoms with Gasteiger partial charge in [-0.15, -0.1) is 0 Å². The van der Waals surface area contributed by atoms with Gasteiger partial charge < -0.3 is 10.6 Å². The Bertz CT molecular complexity index is 609. The summed E-state index contributed by atoms with van der Waals surface area (Å²) < 4.78 is 0. The molecule has 1 aromatic rings. The first-order valence-corrected chi connectivity index (χ1v) is 6.73. The predicted octanol–water partition coefficient (Wildman–Crippen LogP) is 1.56. The first kappa shape index (κ1) is 14.8. The number of nitro benzene ring substituents is 1. The first-order valence-electron chi connectivity index (χ1n) is 6.73. The highest BCUT2D eigenvalue weighted by Gasteiger charge is 2.26. The Kier molecular flexibility index (Phi) is 4.38. The minimum atomic E-state index is -0.478. The maximum Gasteiger partial charge on any atom is 0.293 e. The summed E-state index contributed by atoms with van der Waals surface area (Å²) in [6.07, 6.45) is 2.04. The largest absolute Gasteiger partial charge is 0.370 e. The molecule has 1 aromatic carbocycles. The Morgan fingerprint density at radius 3 is 2.95 bits per heavy atom. The van der Waals surface area contributed by atoms with Crippen LogP contribution in [0.25, 0.3) is 0 Å². The van der Waals surface area contributed by atoms with Crippen molar-refractivity contribution in [2.45, 2.75) is 19.3 Å². The Balaban J connectivity index is 2.26. The smallest absolute Gasteiger partial charge is 0.293 e. The number of primary amides is 1. The van der Waals surface area contributed by atoms with Gasteiger partial charge in [-0.2, -0.15) is 5.26 Å². The van der Waals surface area contributed by atoms with Crippen molar-refractivity contribution in [3.05, 3.63) is 33.9 Å². The van der Waals surface area contributed by atoms with Gasteiger partial charge in [-0.25, -0.2) is 0 Å². The zero-order chi connectivity index (χ0) is 15.4. The van der Waals surface area contributed by atoms with Gasteiger partial charge in [0.2, 0.25) is 5.91 Å². The molecule has 1 fully saturated rings. The van der Waals surface area contributed by atoms with Crippen molar-refractivity contribution in [3.63, 3.8) is 0 Å². The normalized spacial score (nSPS) is 18.0. The average Bonchev–Trinajstić information content (AvgIpc) is 2.46. The summed E-state index contributed by atoms with van der Waals surface area (Å²) >= 11 is 0. The lowest BCUT2D eigenvalue weighted by Gasteiger charge is -2.33. The zero-order valence-electron chi connectivity index (χ0n) is 11.5. The summed E-state index contributed by atoms with van der Waals surface area (Å²) in [4.78, 5) is 23.6. The molecule has 0 saturated carbocycles. The summed E-state index contributed by atoms with van der Waals surface area (Å²) in [6.45, 7) is 1.26. The monoisotopic (exact) mass is 288 g/mol. The second-order valence-corrected chi connectivity index (χ2v) is 5.20. The number of nitrogens with zero attached hydrogens (tertiary/aromatic N) is 3. The lowest BCUT2D eigenvalue weighted by molar-refractivity contribution is -0.384. The fourth-order valence-electron chi connectivity index (χ4n) is 2.74. The molecule has 1 unspecified atom stereocenters. The van der Waals surface area contributed by atoms with E-state index in [1.165, 1.54) is 6.07 Å². The van der Waals surface area contributed by atoms with Crippen LogP contribution >= 0.6 is 0 Å². The van der Waals surface area contributed by atoms with E-state index in [-0.39, 0.29) is 23.1 Å². The summed E-state index contributed by atoms with van der Waals surface area (Å²) in [6, 6.07) is 6.36. The number of hydrogen-bond acceptors (Lipinski definition) is 5. The third kappa shape index (κ3) is 3.48. The van der Waals surface area contributed by atoms with Crippen molar-refractivity contribution >= 4 is 17.3 Å². The number of nitro groups is 1. The number of nitrogens with two attached hydrogens (primary N) is 1. The Morgan fingerprint density at radius 1 is 1.57 bits per heavy atom.